The lowest BCUT2D eigenvalue weighted by molar-refractivity contribution is 0.645. The van der Waals surface area contributed by atoms with Gasteiger partial charge in [-0.2, -0.15) is 0 Å². The van der Waals surface area contributed by atoms with Crippen molar-refractivity contribution < 1.29 is 0 Å². The van der Waals surface area contributed by atoms with E-state index in [1.165, 1.54) is 28.2 Å². The zero-order valence-corrected chi connectivity index (χ0v) is 19.5. The predicted octanol–water partition coefficient (Wildman–Crippen LogP) is 3.97. The molecule has 3 rings (SSSR count). The van der Waals surface area contributed by atoms with Gasteiger partial charge in [0, 0.05) is 55.1 Å². The highest BCUT2D eigenvalue weighted by atomic mass is 127. The Kier molecular flexibility index (Phi) is 8.82. The fraction of sp³-hybridized carbons (Fsp3) is 0.500. The maximum Gasteiger partial charge on any atom is 0.191 e. The highest BCUT2D eigenvalue weighted by Gasteiger charge is 2.14. The number of pyridine rings is 1. The Morgan fingerprint density at radius 3 is 2.74 bits per heavy atom. The van der Waals surface area contributed by atoms with Gasteiger partial charge >= 0.3 is 0 Å². The van der Waals surface area contributed by atoms with Gasteiger partial charge in [-0.1, -0.05) is 0 Å². The first-order chi connectivity index (χ1) is 12.6. The van der Waals surface area contributed by atoms with Crippen LogP contribution in [0.1, 0.15) is 35.1 Å². The molecule has 1 saturated heterocycles. The van der Waals surface area contributed by atoms with E-state index in [0.29, 0.717) is 6.04 Å². The van der Waals surface area contributed by atoms with E-state index in [0.717, 1.165) is 37.8 Å². The summed E-state index contributed by atoms with van der Waals surface area (Å²) in [6.07, 6.45) is 5.45. The zero-order chi connectivity index (χ0) is 18.4. The van der Waals surface area contributed by atoms with Gasteiger partial charge in [0.15, 0.2) is 5.96 Å². The standard InChI is InChI=1S/C20H29N5S.HI/c1-15(12-18-7-6-16(2)26-18)24-20(21-3)23-14-17-8-9-22-19(13-17)25-10-4-5-11-25;/h6-9,13,15H,4-5,10-12,14H2,1-3H3,(H2,21,23,24);1H. The lowest BCUT2D eigenvalue weighted by atomic mass is 10.2. The molecule has 5 nitrogen and oxygen atoms in total. The minimum atomic E-state index is 0. The molecule has 2 aromatic heterocycles. The van der Waals surface area contributed by atoms with Crippen LogP contribution in [0, 0.1) is 6.92 Å². The first-order valence-electron chi connectivity index (χ1n) is 9.36. The van der Waals surface area contributed by atoms with Gasteiger partial charge in [-0.05, 0) is 56.5 Å². The van der Waals surface area contributed by atoms with Gasteiger partial charge in [0.1, 0.15) is 5.82 Å². The predicted molar refractivity (Wildman–Crippen MR) is 127 cm³/mol. The van der Waals surface area contributed by atoms with Gasteiger partial charge in [-0.15, -0.1) is 35.3 Å². The Morgan fingerprint density at radius 1 is 1.30 bits per heavy atom. The van der Waals surface area contributed by atoms with Crippen molar-refractivity contribution in [3.05, 3.63) is 45.8 Å². The minimum Gasteiger partial charge on any atom is -0.357 e. The number of guanidine groups is 1. The smallest absolute Gasteiger partial charge is 0.191 e. The molecular formula is C20H30IN5S. The summed E-state index contributed by atoms with van der Waals surface area (Å²) in [7, 11) is 1.82. The Morgan fingerprint density at radius 2 is 2.07 bits per heavy atom. The number of aliphatic imine (C=N–C) groups is 1. The largest absolute Gasteiger partial charge is 0.357 e. The molecule has 0 amide bonds. The summed E-state index contributed by atoms with van der Waals surface area (Å²) in [5.74, 6) is 1.93. The molecule has 0 bridgehead atoms. The van der Waals surface area contributed by atoms with Crippen molar-refractivity contribution in [2.24, 2.45) is 4.99 Å². The second-order valence-electron chi connectivity index (χ2n) is 6.90. The number of aromatic nitrogens is 1. The maximum atomic E-state index is 4.52. The second-order valence-corrected chi connectivity index (χ2v) is 8.28. The first kappa shape index (κ1) is 21.9. The Labute approximate surface area is 183 Å². The molecule has 2 N–H and O–H groups in total. The molecule has 7 heteroatoms. The van der Waals surface area contributed by atoms with Gasteiger partial charge in [0.2, 0.25) is 0 Å². The third kappa shape index (κ3) is 6.64. The van der Waals surface area contributed by atoms with Crippen LogP contribution in [-0.4, -0.2) is 37.1 Å². The number of anilines is 1. The number of nitrogens with zero attached hydrogens (tertiary/aromatic N) is 3. The molecule has 0 aromatic carbocycles. The normalized spacial score (nSPS) is 15.4. The van der Waals surface area contributed by atoms with Crippen LogP contribution >= 0.6 is 35.3 Å². The second kappa shape index (κ2) is 10.8. The Bertz CT molecular complexity index is 739. The number of hydrogen-bond donors (Lipinski definition) is 2. The molecule has 1 aliphatic heterocycles. The molecule has 1 fully saturated rings. The lowest BCUT2D eigenvalue weighted by Gasteiger charge is -2.19. The van der Waals surface area contributed by atoms with E-state index >= 15 is 0 Å². The highest BCUT2D eigenvalue weighted by Crippen LogP contribution is 2.18. The number of thiophene rings is 1. The third-order valence-electron chi connectivity index (χ3n) is 4.61. The van der Waals surface area contributed by atoms with E-state index in [2.05, 4.69) is 63.6 Å². The van der Waals surface area contributed by atoms with Gasteiger partial charge in [0.05, 0.1) is 0 Å². The van der Waals surface area contributed by atoms with E-state index in [1.807, 2.05) is 24.6 Å². The van der Waals surface area contributed by atoms with E-state index in [1.54, 1.807) is 0 Å². The number of hydrogen-bond acceptors (Lipinski definition) is 4. The van der Waals surface area contributed by atoms with Gasteiger partial charge in [0.25, 0.3) is 0 Å². The van der Waals surface area contributed by atoms with Crippen molar-refractivity contribution in [3.63, 3.8) is 0 Å². The zero-order valence-electron chi connectivity index (χ0n) is 16.4. The molecule has 0 spiro atoms. The van der Waals surface area contributed by atoms with E-state index < -0.39 is 0 Å². The molecule has 0 saturated carbocycles. The molecule has 148 valence electrons. The van der Waals surface area contributed by atoms with Crippen LogP contribution in [0.25, 0.3) is 0 Å². The monoisotopic (exact) mass is 499 g/mol. The minimum absolute atomic E-state index is 0. The lowest BCUT2D eigenvalue weighted by Crippen LogP contribution is -2.42. The molecule has 0 aliphatic carbocycles. The summed E-state index contributed by atoms with van der Waals surface area (Å²) in [6, 6.07) is 8.98. The molecular weight excluding hydrogens is 469 g/mol. The topological polar surface area (TPSA) is 52.6 Å². The van der Waals surface area contributed by atoms with Crippen LogP contribution in [0.2, 0.25) is 0 Å². The van der Waals surface area contributed by atoms with Crippen LogP contribution in [0.15, 0.2) is 35.5 Å². The highest BCUT2D eigenvalue weighted by molar-refractivity contribution is 14.0. The van der Waals surface area contributed by atoms with Crippen molar-refractivity contribution in [2.45, 2.75) is 45.7 Å². The summed E-state index contributed by atoms with van der Waals surface area (Å²) in [4.78, 5) is 14.0. The summed E-state index contributed by atoms with van der Waals surface area (Å²) in [5, 5.41) is 6.91. The van der Waals surface area contributed by atoms with E-state index in [-0.39, 0.29) is 24.0 Å². The summed E-state index contributed by atoms with van der Waals surface area (Å²) in [6.45, 7) is 7.32. The summed E-state index contributed by atoms with van der Waals surface area (Å²) in [5.41, 5.74) is 1.23. The third-order valence-corrected chi connectivity index (χ3v) is 5.63. The van der Waals surface area contributed by atoms with Crippen LogP contribution in [0.3, 0.4) is 0 Å². The average Bonchev–Trinajstić information content (AvgIpc) is 3.31. The molecule has 3 heterocycles. The molecule has 1 unspecified atom stereocenters. The van der Waals surface area contributed by atoms with Crippen LogP contribution < -0.4 is 15.5 Å². The number of rotatable bonds is 6. The van der Waals surface area contributed by atoms with E-state index in [9.17, 15) is 0 Å². The van der Waals surface area contributed by atoms with E-state index in [4.69, 9.17) is 0 Å². The van der Waals surface area contributed by atoms with Crippen molar-refractivity contribution >= 4 is 47.1 Å². The quantitative estimate of drug-likeness (QED) is 0.359. The molecule has 1 aliphatic rings. The van der Waals surface area contributed by atoms with Crippen molar-refractivity contribution in [3.8, 4) is 0 Å². The first-order valence-corrected chi connectivity index (χ1v) is 10.2. The van der Waals surface area contributed by atoms with Gasteiger partial charge in [-0.3, -0.25) is 4.99 Å². The number of halogens is 1. The van der Waals surface area contributed by atoms with Gasteiger partial charge < -0.3 is 15.5 Å². The Hall–Kier alpha value is -1.35. The maximum absolute atomic E-state index is 4.52. The number of nitrogens with one attached hydrogen (secondary N) is 2. The van der Waals surface area contributed by atoms with Gasteiger partial charge in [-0.25, -0.2) is 4.98 Å². The van der Waals surface area contributed by atoms with Crippen LogP contribution in [-0.2, 0) is 13.0 Å². The fourth-order valence-electron chi connectivity index (χ4n) is 3.25. The fourth-order valence-corrected chi connectivity index (χ4v) is 4.27. The molecule has 27 heavy (non-hydrogen) atoms. The Balaban J connectivity index is 0.00000261. The van der Waals surface area contributed by atoms with Crippen molar-refractivity contribution in [1.29, 1.82) is 0 Å². The van der Waals surface area contributed by atoms with Crippen molar-refractivity contribution in [1.82, 2.24) is 15.6 Å². The molecule has 1 atom stereocenters. The summed E-state index contributed by atoms with van der Waals surface area (Å²) >= 11 is 1.86. The van der Waals surface area contributed by atoms with Crippen LogP contribution in [0.5, 0.6) is 0 Å². The van der Waals surface area contributed by atoms with Crippen LogP contribution in [0.4, 0.5) is 5.82 Å². The SMILES string of the molecule is CN=C(NCc1ccnc(N2CCCC2)c1)NC(C)Cc1ccc(C)s1.I. The van der Waals surface area contributed by atoms with Crippen molar-refractivity contribution in [2.75, 3.05) is 25.0 Å². The average molecular weight is 499 g/mol. The molecule has 0 radical (unpaired) electrons. The molecule has 2 aromatic rings. The summed E-state index contributed by atoms with van der Waals surface area (Å²) < 4.78 is 0. The number of aryl methyl sites for hydroxylation is 1.